The molecule has 0 amide bonds. The van der Waals surface area contributed by atoms with Gasteiger partial charge in [-0.25, -0.2) is 8.42 Å². The van der Waals surface area contributed by atoms with Crippen LogP contribution in [0.4, 0.5) is 0 Å². The number of hydrogen-bond donors (Lipinski definition) is 1. The van der Waals surface area contributed by atoms with Crippen molar-refractivity contribution < 1.29 is 13.5 Å². The summed E-state index contributed by atoms with van der Waals surface area (Å²) in [7, 11) is 1.41. The van der Waals surface area contributed by atoms with Gasteiger partial charge in [0.2, 0.25) is 9.05 Å². The molecule has 0 spiro atoms. The van der Waals surface area contributed by atoms with Crippen LogP contribution in [0.2, 0.25) is 0 Å². The minimum Gasteiger partial charge on any atom is -0.392 e. The number of hydrogen-bond acceptors (Lipinski definition) is 3. The van der Waals surface area contributed by atoms with Gasteiger partial charge in [0.05, 0.1) is 11.9 Å². The van der Waals surface area contributed by atoms with E-state index in [1.54, 1.807) is 0 Å². The lowest BCUT2D eigenvalue weighted by atomic mass is 10.0. The minimum absolute atomic E-state index is 0.304. The molecule has 3 nitrogen and oxygen atoms in total. The zero-order chi connectivity index (χ0) is 11.5. The van der Waals surface area contributed by atoms with Crippen LogP contribution < -0.4 is 0 Å². The third kappa shape index (κ3) is 4.64. The molecule has 0 radical (unpaired) electrons. The Hall–Kier alpha value is -0.580. The van der Waals surface area contributed by atoms with E-state index in [4.69, 9.17) is 10.7 Å². The number of aliphatic hydroxyl groups excluding tert-OH is 1. The van der Waals surface area contributed by atoms with Crippen LogP contribution in [0.5, 0.6) is 0 Å². The van der Waals surface area contributed by atoms with Crippen molar-refractivity contribution in [3.05, 3.63) is 35.4 Å². The van der Waals surface area contributed by atoms with Crippen molar-refractivity contribution in [1.29, 1.82) is 0 Å². The van der Waals surface area contributed by atoms with Gasteiger partial charge in [-0.1, -0.05) is 24.3 Å². The van der Waals surface area contributed by atoms with E-state index >= 15 is 0 Å². The molecule has 1 unspecified atom stereocenters. The predicted octanol–water partition coefficient (Wildman–Crippen LogP) is 1.47. The summed E-state index contributed by atoms with van der Waals surface area (Å²) in [5, 5.41) is 9.50. The maximum Gasteiger partial charge on any atom is 0.235 e. The molecule has 0 saturated carbocycles. The Kier molecular flexibility index (Phi) is 4.13. The van der Waals surface area contributed by atoms with E-state index in [2.05, 4.69) is 0 Å². The van der Waals surface area contributed by atoms with Gasteiger partial charge in [0.1, 0.15) is 0 Å². The van der Waals surface area contributed by atoms with Gasteiger partial charge in [-0.2, -0.15) is 0 Å². The van der Waals surface area contributed by atoms with E-state index in [1.165, 1.54) is 0 Å². The van der Waals surface area contributed by atoms with Gasteiger partial charge in [0, 0.05) is 10.7 Å². The third-order valence-electron chi connectivity index (χ3n) is 2.11. The number of aryl methyl sites for hydroxylation is 1. The molecular formula is C10H13ClO3S. The molecule has 0 fully saturated rings. The molecular weight excluding hydrogens is 236 g/mol. The molecule has 0 heterocycles. The molecule has 1 aromatic rings. The summed E-state index contributed by atoms with van der Waals surface area (Å²) in [6, 6.07) is 7.52. The lowest BCUT2D eigenvalue weighted by Gasteiger charge is -2.10. The van der Waals surface area contributed by atoms with E-state index in [9.17, 15) is 13.5 Å². The van der Waals surface area contributed by atoms with Crippen LogP contribution in [-0.4, -0.2) is 25.4 Å². The molecule has 1 atom stereocenters. The van der Waals surface area contributed by atoms with Crippen molar-refractivity contribution in [3.8, 4) is 0 Å². The Balaban J connectivity index is 2.67. The van der Waals surface area contributed by atoms with Crippen molar-refractivity contribution in [2.24, 2.45) is 0 Å². The zero-order valence-corrected chi connectivity index (χ0v) is 9.92. The highest BCUT2D eigenvalue weighted by Gasteiger charge is 2.15. The predicted molar refractivity (Wildman–Crippen MR) is 60.5 cm³/mol. The maximum absolute atomic E-state index is 10.7. The first-order valence-corrected chi connectivity index (χ1v) is 7.01. The van der Waals surface area contributed by atoms with Crippen LogP contribution in [0, 0.1) is 6.92 Å². The van der Waals surface area contributed by atoms with Gasteiger partial charge >= 0.3 is 0 Å². The molecule has 0 aliphatic rings. The highest BCUT2D eigenvalue weighted by atomic mass is 35.7. The fraction of sp³-hybridized carbons (Fsp3) is 0.400. The summed E-state index contributed by atoms with van der Waals surface area (Å²) in [5.74, 6) is -0.414. The first-order chi connectivity index (χ1) is 6.88. The van der Waals surface area contributed by atoms with Gasteiger partial charge in [-0.05, 0) is 24.5 Å². The van der Waals surface area contributed by atoms with Crippen molar-refractivity contribution in [2.75, 3.05) is 5.75 Å². The smallest absolute Gasteiger partial charge is 0.235 e. The second-order valence-electron chi connectivity index (χ2n) is 3.49. The second-order valence-corrected chi connectivity index (χ2v) is 6.31. The van der Waals surface area contributed by atoms with Gasteiger partial charge < -0.3 is 5.11 Å². The van der Waals surface area contributed by atoms with Gasteiger partial charge in [0.25, 0.3) is 0 Å². The highest BCUT2D eigenvalue weighted by Crippen LogP contribution is 2.11. The molecule has 15 heavy (non-hydrogen) atoms. The first kappa shape index (κ1) is 12.5. The topological polar surface area (TPSA) is 54.4 Å². The Labute approximate surface area is 94.1 Å². The summed E-state index contributed by atoms with van der Waals surface area (Å²) in [6.07, 6.45) is -0.646. The number of rotatable bonds is 4. The molecule has 84 valence electrons. The van der Waals surface area contributed by atoms with Crippen LogP contribution in [0.15, 0.2) is 24.3 Å². The molecule has 0 saturated heterocycles. The maximum atomic E-state index is 10.7. The fourth-order valence-electron chi connectivity index (χ4n) is 1.38. The average molecular weight is 249 g/mol. The molecule has 0 bridgehead atoms. The summed E-state index contributed by atoms with van der Waals surface area (Å²) in [4.78, 5) is 0. The monoisotopic (exact) mass is 248 g/mol. The molecule has 0 aromatic heterocycles. The highest BCUT2D eigenvalue weighted by molar-refractivity contribution is 8.13. The molecule has 5 heteroatoms. The van der Waals surface area contributed by atoms with E-state index in [0.29, 0.717) is 6.42 Å². The summed E-state index contributed by atoms with van der Waals surface area (Å²) in [6.45, 7) is 1.91. The van der Waals surface area contributed by atoms with E-state index in [1.807, 2.05) is 31.2 Å². The SMILES string of the molecule is Cc1ccccc1CC(O)CS(=O)(=O)Cl. The molecule has 1 aromatic carbocycles. The fourth-order valence-corrected chi connectivity index (χ4v) is 2.40. The lowest BCUT2D eigenvalue weighted by Crippen LogP contribution is -2.20. The van der Waals surface area contributed by atoms with Crippen LogP contribution in [0.3, 0.4) is 0 Å². The molecule has 0 aliphatic carbocycles. The minimum atomic E-state index is -3.63. The quantitative estimate of drug-likeness (QED) is 0.821. The molecule has 0 aliphatic heterocycles. The van der Waals surface area contributed by atoms with Gasteiger partial charge in [-0.15, -0.1) is 0 Å². The summed E-state index contributed by atoms with van der Waals surface area (Å²) < 4.78 is 21.4. The van der Waals surface area contributed by atoms with Crippen LogP contribution in [0.25, 0.3) is 0 Å². The largest absolute Gasteiger partial charge is 0.392 e. The summed E-state index contributed by atoms with van der Waals surface area (Å²) >= 11 is 0. The third-order valence-corrected chi connectivity index (χ3v) is 3.27. The zero-order valence-electron chi connectivity index (χ0n) is 8.35. The van der Waals surface area contributed by atoms with Crippen LogP contribution in [0.1, 0.15) is 11.1 Å². The number of benzene rings is 1. The van der Waals surface area contributed by atoms with Crippen molar-refractivity contribution >= 4 is 19.7 Å². The Morgan fingerprint density at radius 2 is 2.00 bits per heavy atom. The first-order valence-electron chi connectivity index (χ1n) is 4.53. The van der Waals surface area contributed by atoms with Crippen molar-refractivity contribution in [1.82, 2.24) is 0 Å². The Morgan fingerprint density at radius 3 is 2.53 bits per heavy atom. The van der Waals surface area contributed by atoms with E-state index in [-0.39, 0.29) is 0 Å². The average Bonchev–Trinajstić information content (AvgIpc) is 2.05. The van der Waals surface area contributed by atoms with Gasteiger partial charge in [0.15, 0.2) is 0 Å². The number of aliphatic hydroxyl groups is 1. The van der Waals surface area contributed by atoms with Crippen molar-refractivity contribution in [2.45, 2.75) is 19.4 Å². The lowest BCUT2D eigenvalue weighted by molar-refractivity contribution is 0.198. The van der Waals surface area contributed by atoms with Gasteiger partial charge in [-0.3, -0.25) is 0 Å². The second kappa shape index (κ2) is 4.96. The summed E-state index contributed by atoms with van der Waals surface area (Å²) in [5.41, 5.74) is 1.97. The van der Waals surface area contributed by atoms with E-state index in [0.717, 1.165) is 11.1 Å². The molecule has 1 rings (SSSR count). The Morgan fingerprint density at radius 1 is 1.40 bits per heavy atom. The molecule has 1 N–H and O–H groups in total. The van der Waals surface area contributed by atoms with Crippen LogP contribution >= 0.6 is 10.7 Å². The van der Waals surface area contributed by atoms with Crippen LogP contribution in [-0.2, 0) is 15.5 Å². The van der Waals surface area contributed by atoms with Crippen molar-refractivity contribution in [3.63, 3.8) is 0 Å². The number of halogens is 1. The van der Waals surface area contributed by atoms with E-state index < -0.39 is 20.9 Å². The standard InChI is InChI=1S/C10H13ClO3S/c1-8-4-2-3-5-9(8)6-10(12)7-15(11,13)14/h2-5,10,12H,6-7H2,1H3. The Bertz CT molecular complexity index is 428. The normalized spacial score (nSPS) is 13.8.